The van der Waals surface area contributed by atoms with E-state index >= 15 is 0 Å². The van der Waals surface area contributed by atoms with Crippen LogP contribution in [0.1, 0.15) is 5.56 Å². The number of ether oxygens (including phenoxy) is 2. The molecule has 2 amide bonds. The lowest BCUT2D eigenvalue weighted by Crippen LogP contribution is -2.53. The molecule has 1 N–H and O–H groups in total. The number of piperazine rings is 1. The Morgan fingerprint density at radius 3 is 2.56 bits per heavy atom. The van der Waals surface area contributed by atoms with E-state index in [4.69, 9.17) is 9.47 Å². The standard InChI is InChI=1S/C18H29N3O4/c1-19(2)18(23)21-10-8-20(9-11-21)12-16(22)14-25-13-15-6-4-5-7-17(15)24-3/h4-7,16,22H,8-14H2,1-3H3. The maximum atomic E-state index is 11.9. The van der Waals surface area contributed by atoms with Gasteiger partial charge in [-0.2, -0.15) is 0 Å². The van der Waals surface area contributed by atoms with Gasteiger partial charge in [-0.15, -0.1) is 0 Å². The van der Waals surface area contributed by atoms with E-state index in [2.05, 4.69) is 4.90 Å². The lowest BCUT2D eigenvalue weighted by Gasteiger charge is -2.36. The molecule has 1 saturated heterocycles. The predicted octanol–water partition coefficient (Wildman–Crippen LogP) is 0.872. The Labute approximate surface area is 149 Å². The highest BCUT2D eigenvalue weighted by atomic mass is 16.5. The average Bonchev–Trinajstić information content (AvgIpc) is 2.62. The summed E-state index contributed by atoms with van der Waals surface area (Å²) < 4.78 is 10.9. The molecule has 1 aliphatic rings. The van der Waals surface area contributed by atoms with Crippen LogP contribution >= 0.6 is 0 Å². The van der Waals surface area contributed by atoms with Crippen molar-refractivity contribution in [1.82, 2.24) is 14.7 Å². The molecule has 1 aliphatic heterocycles. The van der Waals surface area contributed by atoms with Gasteiger partial charge in [0.25, 0.3) is 0 Å². The average molecular weight is 351 g/mol. The van der Waals surface area contributed by atoms with Gasteiger partial charge in [0.2, 0.25) is 0 Å². The van der Waals surface area contributed by atoms with Crippen LogP contribution in [0.4, 0.5) is 4.79 Å². The van der Waals surface area contributed by atoms with E-state index in [1.165, 1.54) is 0 Å². The topological polar surface area (TPSA) is 65.5 Å². The molecular weight excluding hydrogens is 322 g/mol. The first-order chi connectivity index (χ1) is 12.0. The molecule has 1 aromatic carbocycles. The van der Waals surface area contributed by atoms with E-state index in [0.717, 1.165) is 24.4 Å². The van der Waals surface area contributed by atoms with E-state index in [9.17, 15) is 9.90 Å². The molecule has 0 saturated carbocycles. The smallest absolute Gasteiger partial charge is 0.319 e. The van der Waals surface area contributed by atoms with Gasteiger partial charge in [0.15, 0.2) is 0 Å². The number of carbonyl (C=O) groups is 1. The molecule has 0 radical (unpaired) electrons. The molecule has 0 aliphatic carbocycles. The highest BCUT2D eigenvalue weighted by Crippen LogP contribution is 2.18. The van der Waals surface area contributed by atoms with Gasteiger partial charge in [-0.05, 0) is 6.07 Å². The number of aliphatic hydroxyl groups is 1. The highest BCUT2D eigenvalue weighted by Gasteiger charge is 2.23. The zero-order valence-corrected chi connectivity index (χ0v) is 15.4. The molecule has 140 valence electrons. The molecule has 1 atom stereocenters. The number of amides is 2. The second kappa shape index (κ2) is 9.60. The molecular formula is C18H29N3O4. The van der Waals surface area contributed by atoms with Gasteiger partial charge < -0.3 is 24.4 Å². The molecule has 1 unspecified atom stereocenters. The first kappa shape index (κ1) is 19.5. The summed E-state index contributed by atoms with van der Waals surface area (Å²) in [5, 5.41) is 10.2. The van der Waals surface area contributed by atoms with Gasteiger partial charge in [-0.3, -0.25) is 4.90 Å². The van der Waals surface area contributed by atoms with Crippen LogP contribution in [0.3, 0.4) is 0 Å². The van der Waals surface area contributed by atoms with Gasteiger partial charge in [-0.1, -0.05) is 18.2 Å². The lowest BCUT2D eigenvalue weighted by atomic mass is 10.2. The zero-order valence-electron chi connectivity index (χ0n) is 15.4. The second-order valence-corrected chi connectivity index (χ2v) is 6.45. The number of methoxy groups -OCH3 is 1. The maximum Gasteiger partial charge on any atom is 0.319 e. The molecule has 1 fully saturated rings. The zero-order chi connectivity index (χ0) is 18.2. The Kier molecular flexibility index (Phi) is 7.49. The van der Waals surface area contributed by atoms with Gasteiger partial charge >= 0.3 is 6.03 Å². The number of benzene rings is 1. The third-order valence-electron chi connectivity index (χ3n) is 4.25. The first-order valence-corrected chi connectivity index (χ1v) is 8.57. The van der Waals surface area contributed by atoms with Crippen molar-refractivity contribution in [2.75, 3.05) is 60.5 Å². The van der Waals surface area contributed by atoms with Crippen molar-refractivity contribution < 1.29 is 19.4 Å². The number of hydrogen-bond acceptors (Lipinski definition) is 5. The van der Waals surface area contributed by atoms with Crippen LogP contribution < -0.4 is 4.74 Å². The van der Waals surface area contributed by atoms with Crippen LogP contribution in [-0.4, -0.2) is 92.5 Å². The van der Waals surface area contributed by atoms with Crippen LogP contribution in [0.25, 0.3) is 0 Å². The maximum absolute atomic E-state index is 11.9. The van der Waals surface area contributed by atoms with E-state index in [0.29, 0.717) is 26.2 Å². The molecule has 7 nitrogen and oxygen atoms in total. The number of urea groups is 1. The number of rotatable bonds is 7. The summed E-state index contributed by atoms with van der Waals surface area (Å²) in [6, 6.07) is 7.74. The van der Waals surface area contributed by atoms with E-state index in [1.54, 1.807) is 26.1 Å². The Hall–Kier alpha value is -1.83. The number of para-hydroxylation sites is 1. The second-order valence-electron chi connectivity index (χ2n) is 6.45. The van der Waals surface area contributed by atoms with Gasteiger partial charge in [0.05, 0.1) is 26.4 Å². The summed E-state index contributed by atoms with van der Waals surface area (Å²) in [7, 11) is 5.16. The monoisotopic (exact) mass is 351 g/mol. The van der Waals surface area contributed by atoms with Gasteiger partial charge in [-0.25, -0.2) is 4.79 Å². The summed E-state index contributed by atoms with van der Waals surface area (Å²) in [5.74, 6) is 0.790. The molecule has 2 rings (SSSR count). The van der Waals surface area contributed by atoms with Crippen molar-refractivity contribution in [2.24, 2.45) is 0 Å². The number of hydrogen-bond donors (Lipinski definition) is 1. The minimum absolute atomic E-state index is 0.0420. The van der Waals surface area contributed by atoms with Gasteiger partial charge in [0.1, 0.15) is 5.75 Å². The first-order valence-electron chi connectivity index (χ1n) is 8.57. The quantitative estimate of drug-likeness (QED) is 0.790. The van der Waals surface area contributed by atoms with E-state index < -0.39 is 6.10 Å². The van der Waals surface area contributed by atoms with Crippen molar-refractivity contribution >= 4 is 6.03 Å². The van der Waals surface area contributed by atoms with Crippen LogP contribution in [0.2, 0.25) is 0 Å². The molecule has 0 bridgehead atoms. The lowest BCUT2D eigenvalue weighted by molar-refractivity contribution is 0.00272. The summed E-state index contributed by atoms with van der Waals surface area (Å²) in [5.41, 5.74) is 0.966. The van der Waals surface area contributed by atoms with Crippen molar-refractivity contribution in [3.05, 3.63) is 29.8 Å². The van der Waals surface area contributed by atoms with E-state index in [-0.39, 0.29) is 12.6 Å². The fraction of sp³-hybridized carbons (Fsp3) is 0.611. The molecule has 0 aromatic heterocycles. The Balaban J connectivity index is 1.67. The Morgan fingerprint density at radius 2 is 1.92 bits per heavy atom. The van der Waals surface area contributed by atoms with Crippen molar-refractivity contribution in [3.63, 3.8) is 0 Å². The number of β-amino-alcohol motifs (C(OH)–C–C–N with tert-alkyl or cyclic N) is 1. The fourth-order valence-corrected chi connectivity index (χ4v) is 2.88. The minimum atomic E-state index is -0.550. The van der Waals surface area contributed by atoms with Crippen LogP contribution in [0.15, 0.2) is 24.3 Å². The van der Waals surface area contributed by atoms with Crippen LogP contribution in [-0.2, 0) is 11.3 Å². The third-order valence-corrected chi connectivity index (χ3v) is 4.25. The Morgan fingerprint density at radius 1 is 1.24 bits per heavy atom. The summed E-state index contributed by atoms with van der Waals surface area (Å²) in [4.78, 5) is 17.5. The van der Waals surface area contributed by atoms with Gasteiger partial charge in [0, 0.05) is 52.4 Å². The summed E-state index contributed by atoms with van der Waals surface area (Å²) in [6.45, 7) is 4.14. The molecule has 25 heavy (non-hydrogen) atoms. The number of nitrogens with zero attached hydrogens (tertiary/aromatic N) is 3. The predicted molar refractivity (Wildman–Crippen MR) is 95.8 cm³/mol. The molecule has 7 heteroatoms. The molecule has 0 spiro atoms. The minimum Gasteiger partial charge on any atom is -0.496 e. The molecule has 1 heterocycles. The van der Waals surface area contributed by atoms with Crippen molar-refractivity contribution in [2.45, 2.75) is 12.7 Å². The Bertz CT molecular complexity index is 545. The number of carbonyl (C=O) groups excluding carboxylic acids is 1. The highest BCUT2D eigenvalue weighted by molar-refractivity contribution is 5.73. The SMILES string of the molecule is COc1ccccc1COCC(O)CN1CCN(C(=O)N(C)C)CC1. The number of aliphatic hydroxyl groups excluding tert-OH is 1. The molecule has 1 aromatic rings. The van der Waals surface area contributed by atoms with Crippen LogP contribution in [0.5, 0.6) is 5.75 Å². The van der Waals surface area contributed by atoms with Crippen molar-refractivity contribution in [1.29, 1.82) is 0 Å². The normalized spacial score (nSPS) is 16.6. The summed E-state index contributed by atoms with van der Waals surface area (Å²) in [6.07, 6.45) is -0.550. The van der Waals surface area contributed by atoms with E-state index in [1.807, 2.05) is 29.2 Å². The third kappa shape index (κ3) is 5.88. The van der Waals surface area contributed by atoms with Crippen LogP contribution in [0, 0.1) is 0 Å². The van der Waals surface area contributed by atoms with Crippen molar-refractivity contribution in [3.8, 4) is 5.75 Å². The summed E-state index contributed by atoms with van der Waals surface area (Å²) >= 11 is 0. The largest absolute Gasteiger partial charge is 0.496 e. The fourth-order valence-electron chi connectivity index (χ4n) is 2.88.